The molecule has 2 unspecified atom stereocenters. The Labute approximate surface area is 97.8 Å². The molecule has 1 heterocycles. The van der Waals surface area contributed by atoms with Gasteiger partial charge in [-0.05, 0) is 12.8 Å². The second-order valence-electron chi connectivity index (χ2n) is 4.13. The number of nitrogens with zero attached hydrogens (tertiary/aromatic N) is 2. The van der Waals surface area contributed by atoms with Crippen molar-refractivity contribution in [2.75, 3.05) is 7.11 Å². The molecule has 0 aliphatic carbocycles. The van der Waals surface area contributed by atoms with Gasteiger partial charge < -0.3 is 10.5 Å². The van der Waals surface area contributed by atoms with Gasteiger partial charge in [0.15, 0.2) is 0 Å². The van der Waals surface area contributed by atoms with E-state index in [2.05, 4.69) is 18.9 Å². The maximum Gasteiger partial charge on any atom is 0.0764 e. The van der Waals surface area contributed by atoms with Gasteiger partial charge in [-0.25, -0.2) is 0 Å². The van der Waals surface area contributed by atoms with Gasteiger partial charge in [-0.15, -0.1) is 0 Å². The highest BCUT2D eigenvalue weighted by atomic mass is 16.5. The molecule has 0 aliphatic rings. The van der Waals surface area contributed by atoms with Crippen LogP contribution in [0.15, 0.2) is 12.4 Å². The van der Waals surface area contributed by atoms with Crippen LogP contribution in [-0.4, -0.2) is 23.0 Å². The summed E-state index contributed by atoms with van der Waals surface area (Å²) in [5.74, 6) is 0. The molecule has 92 valence electrons. The zero-order chi connectivity index (χ0) is 12.0. The van der Waals surface area contributed by atoms with E-state index in [1.54, 1.807) is 7.11 Å². The van der Waals surface area contributed by atoms with Gasteiger partial charge in [-0.3, -0.25) is 4.68 Å². The van der Waals surface area contributed by atoms with Gasteiger partial charge in [0.2, 0.25) is 0 Å². The predicted molar refractivity (Wildman–Crippen MR) is 65.2 cm³/mol. The van der Waals surface area contributed by atoms with Gasteiger partial charge in [-0.2, -0.15) is 5.10 Å². The van der Waals surface area contributed by atoms with Crippen molar-refractivity contribution in [2.24, 2.45) is 5.73 Å². The third-order valence-corrected chi connectivity index (χ3v) is 2.77. The van der Waals surface area contributed by atoms with Gasteiger partial charge >= 0.3 is 0 Å². The van der Waals surface area contributed by atoms with Crippen LogP contribution in [0.5, 0.6) is 0 Å². The summed E-state index contributed by atoms with van der Waals surface area (Å²) in [6.07, 6.45) is 7.10. The first-order valence-corrected chi connectivity index (χ1v) is 6.03. The van der Waals surface area contributed by atoms with Crippen LogP contribution in [0.1, 0.15) is 44.7 Å². The van der Waals surface area contributed by atoms with Crippen molar-refractivity contribution in [3.05, 3.63) is 18.0 Å². The Morgan fingerprint density at radius 1 is 1.44 bits per heavy atom. The summed E-state index contributed by atoms with van der Waals surface area (Å²) in [6, 6.07) is -0.0736. The van der Waals surface area contributed by atoms with Crippen LogP contribution in [0.4, 0.5) is 0 Å². The first-order valence-electron chi connectivity index (χ1n) is 6.03. The highest BCUT2D eigenvalue weighted by molar-refractivity contribution is 5.11. The summed E-state index contributed by atoms with van der Waals surface area (Å²) in [5.41, 5.74) is 7.23. The molecule has 0 spiro atoms. The van der Waals surface area contributed by atoms with E-state index in [0.29, 0.717) is 0 Å². The molecule has 2 atom stereocenters. The molecule has 0 saturated carbocycles. The fourth-order valence-electron chi connectivity index (χ4n) is 1.85. The second-order valence-corrected chi connectivity index (χ2v) is 4.13. The lowest BCUT2D eigenvalue weighted by atomic mass is 10.0. The van der Waals surface area contributed by atoms with E-state index >= 15 is 0 Å². The van der Waals surface area contributed by atoms with Crippen LogP contribution < -0.4 is 5.73 Å². The first-order chi connectivity index (χ1) is 7.72. The normalized spacial score (nSPS) is 15.0. The number of ether oxygens (including phenoxy) is 1. The topological polar surface area (TPSA) is 53.1 Å². The molecule has 1 aromatic heterocycles. The summed E-state index contributed by atoms with van der Waals surface area (Å²) < 4.78 is 7.35. The lowest BCUT2D eigenvalue weighted by Crippen LogP contribution is -2.27. The van der Waals surface area contributed by atoms with E-state index in [0.717, 1.165) is 31.4 Å². The fraction of sp³-hybridized carbons (Fsp3) is 0.750. The molecule has 1 rings (SSSR count). The number of hydrogen-bond acceptors (Lipinski definition) is 3. The van der Waals surface area contributed by atoms with E-state index < -0.39 is 0 Å². The van der Waals surface area contributed by atoms with Gasteiger partial charge in [0.25, 0.3) is 0 Å². The summed E-state index contributed by atoms with van der Waals surface area (Å²) in [4.78, 5) is 0. The Bertz CT molecular complexity index is 298. The Morgan fingerprint density at radius 2 is 2.19 bits per heavy atom. The van der Waals surface area contributed by atoms with Gasteiger partial charge in [0, 0.05) is 25.4 Å². The average Bonchev–Trinajstić information content (AvgIpc) is 2.74. The van der Waals surface area contributed by atoms with E-state index in [1.165, 1.54) is 0 Å². The van der Waals surface area contributed by atoms with Crippen LogP contribution in [0, 0.1) is 0 Å². The number of aryl methyl sites for hydroxylation is 1. The smallest absolute Gasteiger partial charge is 0.0764 e. The van der Waals surface area contributed by atoms with E-state index in [-0.39, 0.29) is 12.1 Å². The molecule has 0 amide bonds. The minimum atomic E-state index is -0.0736. The molecule has 2 N–H and O–H groups in total. The van der Waals surface area contributed by atoms with Crippen LogP contribution in [0.25, 0.3) is 0 Å². The number of hydrogen-bond donors (Lipinski definition) is 1. The Morgan fingerprint density at radius 3 is 2.75 bits per heavy atom. The van der Waals surface area contributed by atoms with Crippen molar-refractivity contribution in [2.45, 2.75) is 51.8 Å². The van der Waals surface area contributed by atoms with Gasteiger partial charge in [-0.1, -0.05) is 20.3 Å². The lowest BCUT2D eigenvalue weighted by Gasteiger charge is -2.20. The predicted octanol–water partition coefficient (Wildman–Crippen LogP) is 2.11. The second kappa shape index (κ2) is 6.66. The van der Waals surface area contributed by atoms with Crippen LogP contribution >= 0.6 is 0 Å². The van der Waals surface area contributed by atoms with Crippen LogP contribution in [0.3, 0.4) is 0 Å². The Hall–Kier alpha value is -0.870. The molecule has 16 heavy (non-hydrogen) atoms. The molecule has 0 aromatic carbocycles. The molecule has 0 radical (unpaired) electrons. The molecule has 4 heteroatoms. The Balaban J connectivity index is 2.66. The standard InChI is InChI=1S/C12H23N3O/c1-4-6-11(16-3)12(13)10-8-14-15(9-10)7-5-2/h8-9,11-12H,4-7,13H2,1-3H3. The van der Waals surface area contributed by atoms with E-state index in [4.69, 9.17) is 10.5 Å². The van der Waals surface area contributed by atoms with E-state index in [1.807, 2.05) is 17.1 Å². The molecule has 0 bridgehead atoms. The number of rotatable bonds is 7. The SMILES string of the molecule is CCCC(OC)C(N)c1cnn(CCC)c1. The number of nitrogens with two attached hydrogens (primary N) is 1. The van der Waals surface area contributed by atoms with Crippen molar-refractivity contribution < 1.29 is 4.74 Å². The summed E-state index contributed by atoms with van der Waals surface area (Å²) in [6.45, 7) is 5.22. The van der Waals surface area contributed by atoms with Crippen molar-refractivity contribution in [1.82, 2.24) is 9.78 Å². The third kappa shape index (κ3) is 3.32. The van der Waals surface area contributed by atoms with Crippen LogP contribution in [0.2, 0.25) is 0 Å². The molecule has 4 nitrogen and oxygen atoms in total. The zero-order valence-electron chi connectivity index (χ0n) is 10.5. The zero-order valence-corrected chi connectivity index (χ0v) is 10.5. The number of aromatic nitrogens is 2. The molecule has 1 aromatic rings. The highest BCUT2D eigenvalue weighted by Crippen LogP contribution is 2.19. The highest BCUT2D eigenvalue weighted by Gasteiger charge is 2.19. The minimum Gasteiger partial charge on any atom is -0.379 e. The molecule has 0 aliphatic heterocycles. The molecular formula is C12H23N3O. The van der Waals surface area contributed by atoms with Crippen molar-refractivity contribution in [3.8, 4) is 0 Å². The van der Waals surface area contributed by atoms with Crippen molar-refractivity contribution in [1.29, 1.82) is 0 Å². The maximum atomic E-state index is 6.17. The van der Waals surface area contributed by atoms with Crippen molar-refractivity contribution >= 4 is 0 Å². The summed E-state index contributed by atoms with van der Waals surface area (Å²) >= 11 is 0. The first kappa shape index (κ1) is 13.2. The maximum absolute atomic E-state index is 6.17. The molecule has 0 saturated heterocycles. The summed E-state index contributed by atoms with van der Waals surface area (Å²) in [5, 5.41) is 4.28. The Kier molecular flexibility index (Phi) is 5.49. The minimum absolute atomic E-state index is 0.0736. The largest absolute Gasteiger partial charge is 0.379 e. The fourth-order valence-corrected chi connectivity index (χ4v) is 1.85. The van der Waals surface area contributed by atoms with Crippen LogP contribution in [-0.2, 0) is 11.3 Å². The quantitative estimate of drug-likeness (QED) is 0.773. The lowest BCUT2D eigenvalue weighted by molar-refractivity contribution is 0.0725. The molecular weight excluding hydrogens is 202 g/mol. The molecule has 0 fully saturated rings. The summed E-state index contributed by atoms with van der Waals surface area (Å²) in [7, 11) is 1.72. The monoisotopic (exact) mass is 225 g/mol. The van der Waals surface area contributed by atoms with Gasteiger partial charge in [0.05, 0.1) is 18.3 Å². The third-order valence-electron chi connectivity index (χ3n) is 2.77. The van der Waals surface area contributed by atoms with E-state index in [9.17, 15) is 0 Å². The van der Waals surface area contributed by atoms with Gasteiger partial charge in [0.1, 0.15) is 0 Å². The number of methoxy groups -OCH3 is 1. The average molecular weight is 225 g/mol. The van der Waals surface area contributed by atoms with Crippen molar-refractivity contribution in [3.63, 3.8) is 0 Å².